The molecular weight excluding hydrogens is 492 g/mol. The fourth-order valence-electron chi connectivity index (χ4n) is 11.2. The molecule has 0 aromatic heterocycles. The first-order valence-electron chi connectivity index (χ1n) is 15.4. The molecular formula is C33H50O6. The maximum absolute atomic E-state index is 14.4. The molecule has 11 atom stereocenters. The van der Waals surface area contributed by atoms with E-state index >= 15 is 0 Å². The van der Waals surface area contributed by atoms with Crippen LogP contribution in [0.1, 0.15) is 106 Å². The van der Waals surface area contributed by atoms with E-state index in [0.717, 1.165) is 25.7 Å². The molecule has 218 valence electrons. The van der Waals surface area contributed by atoms with Gasteiger partial charge in [-0.2, -0.15) is 0 Å². The third-order valence-electron chi connectivity index (χ3n) is 13.8. The van der Waals surface area contributed by atoms with Gasteiger partial charge in [0.25, 0.3) is 0 Å². The van der Waals surface area contributed by atoms with Crippen molar-refractivity contribution in [2.45, 2.75) is 112 Å². The Morgan fingerprint density at radius 2 is 1.64 bits per heavy atom. The third-order valence-corrected chi connectivity index (χ3v) is 13.8. The highest BCUT2D eigenvalue weighted by Crippen LogP contribution is 2.75. The Balaban J connectivity index is 1.56. The molecule has 0 bridgehead atoms. The maximum atomic E-state index is 14.4. The van der Waals surface area contributed by atoms with Crippen molar-refractivity contribution < 1.29 is 29.3 Å². The van der Waals surface area contributed by atoms with Gasteiger partial charge >= 0.3 is 11.9 Å². The van der Waals surface area contributed by atoms with Gasteiger partial charge in [0.15, 0.2) is 5.78 Å². The number of carbonyl (C=O) groups is 3. The molecule has 2 N–H and O–H groups in total. The van der Waals surface area contributed by atoms with Gasteiger partial charge in [-0.15, -0.1) is 0 Å². The van der Waals surface area contributed by atoms with Crippen molar-refractivity contribution in [1.29, 1.82) is 0 Å². The zero-order valence-electron chi connectivity index (χ0n) is 25.1. The highest BCUT2D eigenvalue weighted by Gasteiger charge is 2.72. The monoisotopic (exact) mass is 542 g/mol. The Labute approximate surface area is 234 Å². The van der Waals surface area contributed by atoms with Gasteiger partial charge in [0.05, 0.1) is 24.5 Å². The first-order chi connectivity index (χ1) is 18.1. The largest absolute Gasteiger partial charge is 0.481 e. The van der Waals surface area contributed by atoms with E-state index in [0.29, 0.717) is 24.2 Å². The molecule has 4 saturated carbocycles. The lowest BCUT2D eigenvalue weighted by Gasteiger charge is -2.70. The number of ketones is 1. The number of hydrogen-bond acceptors (Lipinski definition) is 4. The zero-order chi connectivity index (χ0) is 28.8. The smallest absolute Gasteiger partial charge is 0.312 e. The maximum Gasteiger partial charge on any atom is 0.312 e. The lowest BCUT2D eigenvalue weighted by molar-refractivity contribution is -0.221. The van der Waals surface area contributed by atoms with Crippen LogP contribution < -0.4 is 0 Å². The van der Waals surface area contributed by atoms with Crippen LogP contribution in [-0.4, -0.2) is 40.6 Å². The number of carbonyl (C=O) groups excluding carboxylic acids is 1. The molecule has 0 heterocycles. The number of rotatable bonds is 5. The van der Waals surface area contributed by atoms with Crippen LogP contribution in [0, 0.1) is 56.7 Å². The molecule has 6 heteroatoms. The molecule has 5 rings (SSSR count). The van der Waals surface area contributed by atoms with E-state index < -0.39 is 28.9 Å². The van der Waals surface area contributed by atoms with E-state index in [1.807, 2.05) is 0 Å². The molecule has 0 aliphatic heterocycles. The second kappa shape index (κ2) is 9.16. The molecule has 0 spiro atoms. The fourth-order valence-corrected chi connectivity index (χ4v) is 11.2. The van der Waals surface area contributed by atoms with Crippen LogP contribution in [0.15, 0.2) is 11.6 Å². The van der Waals surface area contributed by atoms with E-state index in [-0.39, 0.29) is 46.9 Å². The van der Waals surface area contributed by atoms with Gasteiger partial charge in [0.1, 0.15) is 0 Å². The van der Waals surface area contributed by atoms with Crippen LogP contribution in [0.2, 0.25) is 0 Å². The summed E-state index contributed by atoms with van der Waals surface area (Å²) < 4.78 is 5.99. The molecule has 3 unspecified atom stereocenters. The minimum absolute atomic E-state index is 0.00725. The van der Waals surface area contributed by atoms with Crippen LogP contribution in [0.25, 0.3) is 0 Å². The number of fused-ring (bicyclic) bond motifs is 7. The molecule has 5 aliphatic rings. The fraction of sp³-hybridized carbons (Fsp3) is 0.848. The van der Waals surface area contributed by atoms with E-state index in [1.165, 1.54) is 24.8 Å². The van der Waals surface area contributed by atoms with Gasteiger partial charge in [-0.1, -0.05) is 47.1 Å². The summed E-state index contributed by atoms with van der Waals surface area (Å²) in [6.45, 7) is 16.0. The highest BCUT2D eigenvalue weighted by molar-refractivity contribution is 5.96. The number of carboxylic acid groups (broad SMARTS) is 2. The summed E-state index contributed by atoms with van der Waals surface area (Å²) >= 11 is 0. The molecule has 5 aliphatic carbocycles. The van der Waals surface area contributed by atoms with E-state index in [2.05, 4.69) is 47.6 Å². The van der Waals surface area contributed by atoms with Crippen LogP contribution in [-0.2, 0) is 19.1 Å². The van der Waals surface area contributed by atoms with Crippen LogP contribution in [0.5, 0.6) is 0 Å². The molecule has 39 heavy (non-hydrogen) atoms. The Kier molecular flexibility index (Phi) is 6.77. The highest BCUT2D eigenvalue weighted by atomic mass is 16.5. The summed E-state index contributed by atoms with van der Waals surface area (Å²) in [4.78, 5) is 38.5. The molecule has 0 radical (unpaired) electrons. The van der Waals surface area contributed by atoms with Crippen molar-refractivity contribution in [2.75, 3.05) is 6.61 Å². The van der Waals surface area contributed by atoms with Crippen LogP contribution >= 0.6 is 0 Å². The Morgan fingerprint density at radius 1 is 0.949 bits per heavy atom. The molecule has 4 fully saturated rings. The summed E-state index contributed by atoms with van der Waals surface area (Å²) in [6.07, 6.45) is 8.94. The van der Waals surface area contributed by atoms with Crippen molar-refractivity contribution in [2.24, 2.45) is 56.7 Å². The molecule has 0 amide bonds. The number of ether oxygens (including phenoxy) is 1. The lowest BCUT2D eigenvalue weighted by atomic mass is 9.33. The molecule has 0 aromatic rings. The SMILES string of the molecule is C[C@@H]1CC[C@]2(C)CC[C@]3(C)C(=CC(=O)C4[C@@]5(C)CC[C@@H](OCCC(=O)O)[C@](C)(C(=O)O)C5CC[C@]43C)C2[C@H]1C. The van der Waals surface area contributed by atoms with Gasteiger partial charge in [-0.25, -0.2) is 0 Å². The Morgan fingerprint density at radius 3 is 2.28 bits per heavy atom. The average Bonchev–Trinajstić information content (AvgIpc) is 2.84. The minimum Gasteiger partial charge on any atom is -0.481 e. The number of aliphatic carboxylic acids is 2. The van der Waals surface area contributed by atoms with Crippen molar-refractivity contribution >= 4 is 17.7 Å². The Hall–Kier alpha value is -1.69. The van der Waals surface area contributed by atoms with Gasteiger partial charge < -0.3 is 14.9 Å². The second-order valence-electron chi connectivity index (χ2n) is 15.4. The summed E-state index contributed by atoms with van der Waals surface area (Å²) in [5, 5.41) is 19.7. The van der Waals surface area contributed by atoms with Crippen LogP contribution in [0.4, 0.5) is 0 Å². The van der Waals surface area contributed by atoms with Gasteiger partial charge in [0.2, 0.25) is 0 Å². The first kappa shape index (κ1) is 28.8. The van der Waals surface area contributed by atoms with Crippen molar-refractivity contribution in [3.63, 3.8) is 0 Å². The van der Waals surface area contributed by atoms with Gasteiger partial charge in [-0.05, 0) is 110 Å². The average molecular weight is 543 g/mol. The van der Waals surface area contributed by atoms with E-state index in [1.54, 1.807) is 6.92 Å². The number of carboxylic acids is 2. The molecule has 0 saturated heterocycles. The zero-order valence-corrected chi connectivity index (χ0v) is 25.1. The number of hydrogen-bond donors (Lipinski definition) is 2. The summed E-state index contributed by atoms with van der Waals surface area (Å²) in [5.41, 5.74) is -0.291. The Bertz CT molecular complexity index is 1100. The summed E-state index contributed by atoms with van der Waals surface area (Å²) in [5.74, 6) is -0.455. The normalized spacial score (nSPS) is 51.1. The molecule has 6 nitrogen and oxygen atoms in total. The van der Waals surface area contributed by atoms with Crippen molar-refractivity contribution in [3.05, 3.63) is 11.6 Å². The van der Waals surface area contributed by atoms with Crippen molar-refractivity contribution in [1.82, 2.24) is 0 Å². The first-order valence-corrected chi connectivity index (χ1v) is 15.4. The second-order valence-corrected chi connectivity index (χ2v) is 15.4. The predicted molar refractivity (Wildman–Crippen MR) is 149 cm³/mol. The standard InChI is InChI=1S/C33H50O6/c1-19-8-12-29(3)15-16-31(5)21(26(29)20(19)2)18-22(34)27-30(4)13-10-24(39-17-11-25(35)36)33(7,28(37)38)23(30)9-14-32(27,31)6/h18-20,23-24,26-27H,8-17H2,1-7H3,(H,35,36)(H,37,38)/t19-,20+,23?,24-,26?,27?,29-,30+,31-,32-,33-/m1/s1. The van der Waals surface area contributed by atoms with Gasteiger partial charge in [-0.3, -0.25) is 14.4 Å². The van der Waals surface area contributed by atoms with E-state index in [4.69, 9.17) is 9.84 Å². The topological polar surface area (TPSA) is 101 Å². The van der Waals surface area contributed by atoms with E-state index in [9.17, 15) is 19.5 Å². The summed E-state index contributed by atoms with van der Waals surface area (Å²) in [6, 6.07) is 0. The lowest BCUT2D eigenvalue weighted by Crippen LogP contribution is -2.68. The quantitative estimate of drug-likeness (QED) is 0.398. The number of allylic oxidation sites excluding steroid dienone is 2. The minimum atomic E-state index is -1.17. The van der Waals surface area contributed by atoms with Gasteiger partial charge in [0, 0.05) is 5.92 Å². The molecule has 0 aromatic carbocycles. The summed E-state index contributed by atoms with van der Waals surface area (Å²) in [7, 11) is 0. The predicted octanol–water partition coefficient (Wildman–Crippen LogP) is 6.77. The third kappa shape index (κ3) is 3.78. The van der Waals surface area contributed by atoms with Crippen molar-refractivity contribution in [3.8, 4) is 0 Å². The van der Waals surface area contributed by atoms with Crippen LogP contribution in [0.3, 0.4) is 0 Å².